The van der Waals surface area contributed by atoms with E-state index in [1.807, 2.05) is 23.9 Å². The Balaban J connectivity index is 1.21. The Kier molecular flexibility index (Phi) is 6.73. The van der Waals surface area contributed by atoms with Gasteiger partial charge >= 0.3 is 6.36 Å². The third kappa shape index (κ3) is 5.91. The van der Waals surface area contributed by atoms with Crippen molar-refractivity contribution in [3.63, 3.8) is 0 Å². The van der Waals surface area contributed by atoms with Crippen LogP contribution in [0.2, 0.25) is 0 Å². The highest BCUT2D eigenvalue weighted by Crippen LogP contribution is 2.27. The maximum absolute atomic E-state index is 12.4. The molecule has 0 atom stereocenters. The summed E-state index contributed by atoms with van der Waals surface area (Å²) in [6, 6.07) is 11.2. The van der Waals surface area contributed by atoms with Gasteiger partial charge < -0.3 is 14.2 Å². The molecule has 188 valence electrons. The molecule has 0 unspecified atom stereocenters. The van der Waals surface area contributed by atoms with Crippen LogP contribution in [0.5, 0.6) is 5.75 Å². The van der Waals surface area contributed by atoms with Crippen molar-refractivity contribution in [2.24, 2.45) is 0 Å². The molecule has 1 aromatic carbocycles. The van der Waals surface area contributed by atoms with Gasteiger partial charge in [-0.15, -0.1) is 13.2 Å². The standard InChI is InChI=1S/C25H25F3N6O2/c1-17-14-22(24-30-23(32-36-24)19-6-9-21(10-7-19)35-25(26,27)28)31-34(17)16-18-5-8-20(29-15-18)4-2-11-33-12-3-13-33/h5-10,14-15H,2-4,11-13,16H2,1H3. The van der Waals surface area contributed by atoms with Gasteiger partial charge in [-0.3, -0.25) is 9.67 Å². The molecule has 3 aromatic heterocycles. The molecule has 36 heavy (non-hydrogen) atoms. The molecule has 0 spiro atoms. The molecule has 4 aromatic rings. The summed E-state index contributed by atoms with van der Waals surface area (Å²) in [5.74, 6) is 0.140. The van der Waals surface area contributed by atoms with E-state index in [-0.39, 0.29) is 17.5 Å². The minimum atomic E-state index is -4.75. The second-order valence-corrected chi connectivity index (χ2v) is 8.78. The third-order valence-electron chi connectivity index (χ3n) is 6.05. The molecule has 4 heterocycles. The smallest absolute Gasteiger partial charge is 0.406 e. The number of hydrogen-bond donors (Lipinski definition) is 0. The van der Waals surface area contributed by atoms with Crippen LogP contribution < -0.4 is 4.74 Å². The molecule has 5 rings (SSSR count). The summed E-state index contributed by atoms with van der Waals surface area (Å²) in [6.45, 7) is 6.06. The van der Waals surface area contributed by atoms with Crippen LogP contribution in [0.4, 0.5) is 13.2 Å². The number of alkyl halides is 3. The maximum atomic E-state index is 12.4. The van der Waals surface area contributed by atoms with Crippen LogP contribution in [0.1, 0.15) is 29.8 Å². The van der Waals surface area contributed by atoms with Crippen LogP contribution in [0.15, 0.2) is 53.2 Å². The fourth-order valence-corrected chi connectivity index (χ4v) is 3.98. The zero-order valence-electron chi connectivity index (χ0n) is 19.7. The SMILES string of the molecule is Cc1cc(-c2nc(-c3ccc(OC(F)(F)F)cc3)no2)nn1Cc1ccc(CCCN2CCC2)nc1. The Morgan fingerprint density at radius 1 is 1.08 bits per heavy atom. The molecule has 1 saturated heterocycles. The van der Waals surface area contributed by atoms with Crippen LogP contribution in [0.3, 0.4) is 0 Å². The molecule has 0 radical (unpaired) electrons. The van der Waals surface area contributed by atoms with Gasteiger partial charge in [-0.25, -0.2) is 0 Å². The highest BCUT2D eigenvalue weighted by molar-refractivity contribution is 5.58. The van der Waals surface area contributed by atoms with E-state index in [1.54, 1.807) is 0 Å². The van der Waals surface area contributed by atoms with E-state index in [1.165, 1.54) is 43.8 Å². The lowest BCUT2D eigenvalue weighted by molar-refractivity contribution is -0.274. The van der Waals surface area contributed by atoms with Crippen molar-refractivity contribution in [2.45, 2.75) is 39.1 Å². The van der Waals surface area contributed by atoms with E-state index in [0.717, 1.165) is 36.3 Å². The van der Waals surface area contributed by atoms with Gasteiger partial charge in [-0.05, 0) is 87.8 Å². The van der Waals surface area contributed by atoms with Gasteiger partial charge in [0.1, 0.15) is 5.75 Å². The average Bonchev–Trinajstić information content (AvgIpc) is 3.43. The first-order chi connectivity index (χ1) is 17.3. The van der Waals surface area contributed by atoms with Crippen molar-refractivity contribution >= 4 is 0 Å². The number of likely N-dealkylation sites (tertiary alicyclic amines) is 1. The van der Waals surface area contributed by atoms with E-state index in [4.69, 9.17) is 4.52 Å². The average molecular weight is 499 g/mol. The minimum absolute atomic E-state index is 0.221. The van der Waals surface area contributed by atoms with Crippen molar-refractivity contribution in [3.05, 3.63) is 65.6 Å². The second kappa shape index (κ2) is 10.1. The molecule has 0 saturated carbocycles. The zero-order valence-corrected chi connectivity index (χ0v) is 19.7. The van der Waals surface area contributed by atoms with E-state index >= 15 is 0 Å². The van der Waals surface area contributed by atoms with Crippen LogP contribution in [0, 0.1) is 6.92 Å². The van der Waals surface area contributed by atoms with Gasteiger partial charge in [-0.1, -0.05) is 11.2 Å². The Hall–Kier alpha value is -3.73. The summed E-state index contributed by atoms with van der Waals surface area (Å²) in [6.07, 6.45) is 0.540. The molecule has 0 N–H and O–H groups in total. The van der Waals surface area contributed by atoms with Gasteiger partial charge in [0.15, 0.2) is 5.69 Å². The van der Waals surface area contributed by atoms with Crippen molar-refractivity contribution in [1.82, 2.24) is 29.8 Å². The molecular weight excluding hydrogens is 473 g/mol. The predicted molar refractivity (Wildman–Crippen MR) is 125 cm³/mol. The van der Waals surface area contributed by atoms with Crippen LogP contribution >= 0.6 is 0 Å². The fraction of sp³-hybridized carbons (Fsp3) is 0.360. The Morgan fingerprint density at radius 3 is 2.56 bits per heavy atom. The van der Waals surface area contributed by atoms with Gasteiger partial charge in [0.05, 0.1) is 6.54 Å². The van der Waals surface area contributed by atoms with E-state index in [9.17, 15) is 13.2 Å². The fourth-order valence-electron chi connectivity index (χ4n) is 3.98. The van der Waals surface area contributed by atoms with Crippen molar-refractivity contribution in [2.75, 3.05) is 19.6 Å². The van der Waals surface area contributed by atoms with Crippen molar-refractivity contribution in [3.8, 4) is 28.7 Å². The van der Waals surface area contributed by atoms with E-state index < -0.39 is 6.36 Å². The van der Waals surface area contributed by atoms with Crippen molar-refractivity contribution < 1.29 is 22.4 Å². The molecule has 0 aliphatic carbocycles. The summed E-state index contributed by atoms with van der Waals surface area (Å²) < 4.78 is 48.1. The van der Waals surface area contributed by atoms with Gasteiger partial charge in [0.2, 0.25) is 5.82 Å². The van der Waals surface area contributed by atoms with Gasteiger partial charge in [-0.2, -0.15) is 10.1 Å². The first kappa shape index (κ1) is 24.0. The van der Waals surface area contributed by atoms with Crippen LogP contribution in [-0.4, -0.2) is 55.8 Å². The molecule has 11 heteroatoms. The Bertz CT molecular complexity index is 1290. The van der Waals surface area contributed by atoms with E-state index in [0.29, 0.717) is 17.8 Å². The largest absolute Gasteiger partial charge is 0.573 e. The zero-order chi connectivity index (χ0) is 25.1. The number of aryl methyl sites for hydroxylation is 2. The summed E-state index contributed by atoms with van der Waals surface area (Å²) in [4.78, 5) is 11.4. The van der Waals surface area contributed by atoms with E-state index in [2.05, 4.69) is 42.0 Å². The monoisotopic (exact) mass is 498 g/mol. The topological polar surface area (TPSA) is 82.1 Å². The quantitative estimate of drug-likeness (QED) is 0.325. The molecule has 1 aliphatic rings. The summed E-state index contributed by atoms with van der Waals surface area (Å²) in [5, 5.41) is 8.52. The molecule has 8 nitrogen and oxygen atoms in total. The Labute approximate surface area is 205 Å². The van der Waals surface area contributed by atoms with Gasteiger partial charge in [0.25, 0.3) is 5.89 Å². The lowest BCUT2D eigenvalue weighted by Crippen LogP contribution is -2.37. The number of halogens is 3. The summed E-state index contributed by atoms with van der Waals surface area (Å²) in [5.41, 5.74) is 4.04. The summed E-state index contributed by atoms with van der Waals surface area (Å²) in [7, 11) is 0. The molecule has 0 amide bonds. The number of nitrogens with zero attached hydrogens (tertiary/aromatic N) is 6. The molecule has 1 aliphatic heterocycles. The first-order valence-corrected chi connectivity index (χ1v) is 11.7. The predicted octanol–water partition coefficient (Wildman–Crippen LogP) is 4.89. The van der Waals surface area contributed by atoms with Crippen LogP contribution in [0.25, 0.3) is 23.0 Å². The number of aromatic nitrogens is 5. The normalized spacial score (nSPS) is 14.1. The number of ether oxygens (including phenoxy) is 1. The van der Waals surface area contributed by atoms with Crippen LogP contribution in [-0.2, 0) is 13.0 Å². The number of benzene rings is 1. The first-order valence-electron chi connectivity index (χ1n) is 11.7. The lowest BCUT2D eigenvalue weighted by atomic mass is 10.1. The second-order valence-electron chi connectivity index (χ2n) is 8.78. The Morgan fingerprint density at radius 2 is 1.89 bits per heavy atom. The van der Waals surface area contributed by atoms with Gasteiger partial charge in [0, 0.05) is 23.1 Å². The van der Waals surface area contributed by atoms with Crippen molar-refractivity contribution in [1.29, 1.82) is 0 Å². The number of pyridine rings is 1. The molecular formula is C25H25F3N6O2. The highest BCUT2D eigenvalue weighted by Gasteiger charge is 2.31. The maximum Gasteiger partial charge on any atom is 0.573 e. The lowest BCUT2D eigenvalue weighted by Gasteiger charge is -2.30. The highest BCUT2D eigenvalue weighted by atomic mass is 19.4. The minimum Gasteiger partial charge on any atom is -0.406 e. The molecule has 1 fully saturated rings. The summed E-state index contributed by atoms with van der Waals surface area (Å²) >= 11 is 0. The third-order valence-corrected chi connectivity index (χ3v) is 6.05. The molecule has 0 bridgehead atoms. The number of rotatable bonds is 9. The number of hydrogen-bond acceptors (Lipinski definition) is 7.